The summed E-state index contributed by atoms with van der Waals surface area (Å²) in [5.74, 6) is -0.314. The van der Waals surface area contributed by atoms with Gasteiger partial charge in [-0.15, -0.1) is 0 Å². The summed E-state index contributed by atoms with van der Waals surface area (Å²) >= 11 is 0. The van der Waals surface area contributed by atoms with Crippen LogP contribution in [0.15, 0.2) is 45.8 Å². The van der Waals surface area contributed by atoms with Crippen molar-refractivity contribution in [3.8, 4) is 5.75 Å². The van der Waals surface area contributed by atoms with Crippen LogP contribution in [0, 0.1) is 0 Å². The van der Waals surface area contributed by atoms with E-state index in [9.17, 15) is 22.8 Å². The molecule has 0 aliphatic carbocycles. The van der Waals surface area contributed by atoms with Gasteiger partial charge in [0.15, 0.2) is 6.61 Å². The van der Waals surface area contributed by atoms with Crippen molar-refractivity contribution in [2.45, 2.75) is 32.0 Å². The summed E-state index contributed by atoms with van der Waals surface area (Å²) < 4.78 is 48.7. The number of rotatable bonds is 6. The lowest BCUT2D eigenvalue weighted by Gasteiger charge is -2.25. The highest BCUT2D eigenvalue weighted by Crippen LogP contribution is 2.30. The molecule has 1 saturated heterocycles. The van der Waals surface area contributed by atoms with Gasteiger partial charge in [-0.1, -0.05) is 12.5 Å². The zero-order valence-corrected chi connectivity index (χ0v) is 15.6. The number of nitrogens with one attached hydrogen (secondary N) is 1. The standard InChI is InChI=1S/C20H21F3N2O4/c21-20(22,23)14-5-4-6-15(9-14)24-19(27)13-29-18-12-28-16(10-17(18)26)11-25-7-2-1-3-8-25/h4-6,9-10,12H,1-3,7-8,11,13H2,(H,24,27). The van der Waals surface area contributed by atoms with E-state index in [-0.39, 0.29) is 11.4 Å². The van der Waals surface area contributed by atoms with Crippen LogP contribution in [0.25, 0.3) is 0 Å². The molecule has 3 rings (SSSR count). The molecular weight excluding hydrogens is 389 g/mol. The fourth-order valence-electron chi connectivity index (χ4n) is 3.08. The average molecular weight is 410 g/mol. The molecule has 9 heteroatoms. The Hall–Kier alpha value is -2.81. The Bertz CT molecular complexity index is 905. The van der Waals surface area contributed by atoms with E-state index in [2.05, 4.69) is 10.2 Å². The third kappa shape index (κ3) is 6.08. The van der Waals surface area contributed by atoms with Crippen molar-refractivity contribution in [2.75, 3.05) is 25.0 Å². The molecule has 29 heavy (non-hydrogen) atoms. The molecule has 0 bridgehead atoms. The highest BCUT2D eigenvalue weighted by molar-refractivity contribution is 5.91. The predicted molar refractivity (Wildman–Crippen MR) is 99.7 cm³/mol. The number of anilines is 1. The van der Waals surface area contributed by atoms with Gasteiger partial charge in [-0.3, -0.25) is 14.5 Å². The number of amides is 1. The fraction of sp³-hybridized carbons (Fsp3) is 0.400. The molecule has 156 valence electrons. The summed E-state index contributed by atoms with van der Waals surface area (Å²) in [5.41, 5.74) is -1.31. The van der Waals surface area contributed by atoms with Crippen LogP contribution in [-0.4, -0.2) is 30.5 Å². The number of likely N-dealkylation sites (tertiary alicyclic amines) is 1. The maximum atomic E-state index is 12.7. The number of ether oxygens (including phenoxy) is 1. The second-order valence-corrected chi connectivity index (χ2v) is 6.83. The van der Waals surface area contributed by atoms with Crippen LogP contribution in [0.4, 0.5) is 18.9 Å². The SMILES string of the molecule is O=C(COc1coc(CN2CCCCC2)cc1=O)Nc1cccc(C(F)(F)F)c1. The fourth-order valence-corrected chi connectivity index (χ4v) is 3.08. The molecule has 1 amide bonds. The highest BCUT2D eigenvalue weighted by Gasteiger charge is 2.30. The van der Waals surface area contributed by atoms with Gasteiger partial charge < -0.3 is 14.5 Å². The summed E-state index contributed by atoms with van der Waals surface area (Å²) in [7, 11) is 0. The minimum Gasteiger partial charge on any atom is -0.477 e. The number of benzene rings is 1. The number of hydrogen-bond donors (Lipinski definition) is 1. The number of carbonyl (C=O) groups is 1. The Balaban J connectivity index is 1.54. The first-order valence-electron chi connectivity index (χ1n) is 9.25. The topological polar surface area (TPSA) is 71.8 Å². The smallest absolute Gasteiger partial charge is 0.416 e. The Labute approximate surface area is 165 Å². The third-order valence-electron chi connectivity index (χ3n) is 4.51. The Morgan fingerprint density at radius 3 is 2.62 bits per heavy atom. The predicted octanol–water partition coefficient (Wildman–Crippen LogP) is 3.66. The van der Waals surface area contributed by atoms with Crippen LogP contribution in [0.3, 0.4) is 0 Å². The normalized spacial score (nSPS) is 15.1. The Morgan fingerprint density at radius 1 is 1.17 bits per heavy atom. The van der Waals surface area contributed by atoms with Gasteiger partial charge in [0.1, 0.15) is 12.0 Å². The molecule has 1 fully saturated rings. The molecule has 1 aromatic carbocycles. The van der Waals surface area contributed by atoms with E-state index in [1.54, 1.807) is 0 Å². The number of carbonyl (C=O) groups excluding carboxylic acids is 1. The number of alkyl halides is 3. The maximum Gasteiger partial charge on any atom is 0.416 e. The van der Waals surface area contributed by atoms with Crippen LogP contribution in [0.5, 0.6) is 5.75 Å². The number of nitrogens with zero attached hydrogens (tertiary/aromatic N) is 1. The molecule has 1 N–H and O–H groups in total. The molecule has 6 nitrogen and oxygen atoms in total. The minimum absolute atomic E-state index is 0.0164. The lowest BCUT2D eigenvalue weighted by molar-refractivity contribution is -0.137. The molecule has 1 aliphatic rings. The van der Waals surface area contributed by atoms with Gasteiger partial charge in [0.25, 0.3) is 5.91 Å². The zero-order valence-electron chi connectivity index (χ0n) is 15.6. The molecule has 0 atom stereocenters. The van der Waals surface area contributed by atoms with Crippen LogP contribution >= 0.6 is 0 Å². The lowest BCUT2D eigenvalue weighted by Crippen LogP contribution is -2.29. The monoisotopic (exact) mass is 410 g/mol. The quantitative estimate of drug-likeness (QED) is 0.787. The van der Waals surface area contributed by atoms with Crippen molar-refractivity contribution in [2.24, 2.45) is 0 Å². The van der Waals surface area contributed by atoms with Gasteiger partial charge in [-0.05, 0) is 44.1 Å². The zero-order chi connectivity index (χ0) is 20.9. The number of piperidine rings is 1. The molecule has 0 unspecified atom stereocenters. The Morgan fingerprint density at radius 2 is 1.93 bits per heavy atom. The van der Waals surface area contributed by atoms with Crippen molar-refractivity contribution in [1.82, 2.24) is 4.90 Å². The first-order valence-corrected chi connectivity index (χ1v) is 9.25. The Kier molecular flexibility index (Phi) is 6.58. The van der Waals surface area contributed by atoms with Gasteiger partial charge in [-0.2, -0.15) is 13.2 Å². The summed E-state index contributed by atoms with van der Waals surface area (Å²) in [5, 5.41) is 2.31. The van der Waals surface area contributed by atoms with Gasteiger partial charge in [-0.25, -0.2) is 0 Å². The first-order chi connectivity index (χ1) is 13.8. The molecular formula is C20H21F3N2O4. The van der Waals surface area contributed by atoms with E-state index in [4.69, 9.17) is 9.15 Å². The number of halogens is 3. The van der Waals surface area contributed by atoms with Crippen molar-refractivity contribution < 1.29 is 27.1 Å². The highest BCUT2D eigenvalue weighted by atomic mass is 19.4. The average Bonchev–Trinajstić information content (AvgIpc) is 2.68. The van der Waals surface area contributed by atoms with Gasteiger partial charge in [0.2, 0.25) is 11.2 Å². The van der Waals surface area contributed by atoms with E-state index in [1.165, 1.54) is 24.6 Å². The van der Waals surface area contributed by atoms with Crippen molar-refractivity contribution in [3.63, 3.8) is 0 Å². The molecule has 1 aromatic heterocycles. The third-order valence-corrected chi connectivity index (χ3v) is 4.51. The van der Waals surface area contributed by atoms with Crippen LogP contribution < -0.4 is 15.5 Å². The minimum atomic E-state index is -4.51. The van der Waals surface area contributed by atoms with Gasteiger partial charge >= 0.3 is 6.18 Å². The molecule has 2 heterocycles. The summed E-state index contributed by atoms with van der Waals surface area (Å²) in [4.78, 5) is 26.3. The van der Waals surface area contributed by atoms with Crippen LogP contribution in [0.1, 0.15) is 30.6 Å². The summed E-state index contributed by atoms with van der Waals surface area (Å²) in [6, 6.07) is 5.57. The number of hydrogen-bond acceptors (Lipinski definition) is 5. The summed E-state index contributed by atoms with van der Waals surface area (Å²) in [6.07, 6.45) is 0.0833. The van der Waals surface area contributed by atoms with Crippen LogP contribution in [-0.2, 0) is 17.5 Å². The largest absolute Gasteiger partial charge is 0.477 e. The maximum absolute atomic E-state index is 12.7. The van der Waals surface area contributed by atoms with Crippen molar-refractivity contribution >= 4 is 11.6 Å². The van der Waals surface area contributed by atoms with E-state index in [0.717, 1.165) is 44.3 Å². The molecule has 0 spiro atoms. The second kappa shape index (κ2) is 9.13. The van der Waals surface area contributed by atoms with Gasteiger partial charge in [0, 0.05) is 11.8 Å². The summed E-state index contributed by atoms with van der Waals surface area (Å²) in [6.45, 7) is 1.91. The van der Waals surface area contributed by atoms with E-state index < -0.39 is 29.7 Å². The lowest BCUT2D eigenvalue weighted by atomic mass is 10.1. The molecule has 2 aromatic rings. The van der Waals surface area contributed by atoms with E-state index >= 15 is 0 Å². The van der Waals surface area contributed by atoms with Crippen molar-refractivity contribution in [3.05, 3.63) is 58.1 Å². The first kappa shape index (κ1) is 20.9. The van der Waals surface area contributed by atoms with Gasteiger partial charge in [0.05, 0.1) is 12.1 Å². The molecule has 1 aliphatic heterocycles. The van der Waals surface area contributed by atoms with Crippen LogP contribution in [0.2, 0.25) is 0 Å². The molecule has 0 radical (unpaired) electrons. The molecule has 0 saturated carbocycles. The second-order valence-electron chi connectivity index (χ2n) is 6.83. The van der Waals surface area contributed by atoms with E-state index in [0.29, 0.717) is 12.3 Å². The van der Waals surface area contributed by atoms with Crippen molar-refractivity contribution in [1.29, 1.82) is 0 Å². The van der Waals surface area contributed by atoms with E-state index in [1.807, 2.05) is 0 Å².